The van der Waals surface area contributed by atoms with Crippen molar-refractivity contribution >= 4 is 29.7 Å². The first-order chi connectivity index (χ1) is 11.3. The summed E-state index contributed by atoms with van der Waals surface area (Å²) >= 11 is 1.51. The zero-order chi connectivity index (χ0) is 17.9. The summed E-state index contributed by atoms with van der Waals surface area (Å²) in [5, 5.41) is 3.10. The van der Waals surface area contributed by atoms with Crippen molar-refractivity contribution in [1.82, 2.24) is 5.32 Å². The normalized spacial score (nSPS) is 13.1. The van der Waals surface area contributed by atoms with E-state index >= 15 is 0 Å². The van der Waals surface area contributed by atoms with Crippen molar-refractivity contribution in [1.29, 1.82) is 0 Å². The Morgan fingerprint density at radius 3 is 2.40 bits per heavy atom. The number of nitrogens with one attached hydrogen (secondary N) is 1. The number of amides is 1. The summed E-state index contributed by atoms with van der Waals surface area (Å²) in [6.07, 6.45) is 0. The zero-order valence-electron chi connectivity index (χ0n) is 15.4. The fraction of sp³-hybridized carbons (Fsp3) is 0.421. The molecule has 0 radical (unpaired) electrons. The van der Waals surface area contributed by atoms with Crippen LogP contribution in [0, 0.1) is 12.8 Å². The lowest BCUT2D eigenvalue weighted by Crippen LogP contribution is -2.54. The second kappa shape index (κ2) is 8.70. The number of nitrogens with two attached hydrogens (primary N) is 1. The highest BCUT2D eigenvalue weighted by atomic mass is 35.5. The molecule has 1 unspecified atom stereocenters. The van der Waals surface area contributed by atoms with Crippen LogP contribution in [0.5, 0.6) is 5.75 Å². The molecule has 3 N–H and O–H groups in total. The molecular weight excluding hydrogens is 356 g/mol. The van der Waals surface area contributed by atoms with Gasteiger partial charge in [0.1, 0.15) is 5.75 Å². The topological polar surface area (TPSA) is 64.3 Å². The van der Waals surface area contributed by atoms with E-state index in [2.05, 4.69) is 19.2 Å². The van der Waals surface area contributed by atoms with Gasteiger partial charge in [0.15, 0.2) is 0 Å². The van der Waals surface area contributed by atoms with Crippen molar-refractivity contribution in [2.45, 2.75) is 33.2 Å². The third-order valence-electron chi connectivity index (χ3n) is 4.64. The van der Waals surface area contributed by atoms with E-state index in [9.17, 15) is 4.79 Å². The molecule has 0 spiro atoms. The van der Waals surface area contributed by atoms with Crippen molar-refractivity contribution in [3.05, 3.63) is 40.1 Å². The smallest absolute Gasteiger partial charge is 0.261 e. The number of aryl methyl sites for hydroxylation is 1. The van der Waals surface area contributed by atoms with Crippen LogP contribution in [0.3, 0.4) is 0 Å². The molecule has 6 heteroatoms. The van der Waals surface area contributed by atoms with Crippen LogP contribution in [0.25, 0.3) is 11.1 Å². The van der Waals surface area contributed by atoms with Gasteiger partial charge in [0, 0.05) is 11.4 Å². The molecule has 2 aromatic rings. The van der Waals surface area contributed by atoms with E-state index in [0.29, 0.717) is 11.4 Å². The van der Waals surface area contributed by atoms with Gasteiger partial charge in [-0.3, -0.25) is 4.79 Å². The van der Waals surface area contributed by atoms with Gasteiger partial charge in [0.05, 0.1) is 17.5 Å². The molecule has 0 aliphatic carbocycles. The van der Waals surface area contributed by atoms with E-state index in [1.54, 1.807) is 7.11 Å². The van der Waals surface area contributed by atoms with Gasteiger partial charge in [-0.05, 0) is 49.1 Å². The highest BCUT2D eigenvalue weighted by molar-refractivity contribution is 7.14. The molecule has 1 aromatic carbocycles. The Kier molecular flexibility index (Phi) is 7.47. The summed E-state index contributed by atoms with van der Waals surface area (Å²) in [6.45, 7) is 8.56. The lowest BCUT2D eigenvalue weighted by Gasteiger charge is -2.33. The minimum absolute atomic E-state index is 0. The molecule has 0 aliphatic heterocycles. The summed E-state index contributed by atoms with van der Waals surface area (Å²) in [7, 11) is 1.65. The average Bonchev–Trinajstić information content (AvgIpc) is 2.96. The fourth-order valence-electron chi connectivity index (χ4n) is 2.40. The summed E-state index contributed by atoms with van der Waals surface area (Å²) in [6, 6.07) is 9.82. The number of hydrogen-bond donors (Lipinski definition) is 2. The number of ether oxygens (including phenoxy) is 1. The summed E-state index contributed by atoms with van der Waals surface area (Å²) in [4.78, 5) is 14.5. The molecule has 0 aliphatic rings. The van der Waals surface area contributed by atoms with Gasteiger partial charge in [-0.1, -0.05) is 26.0 Å². The number of rotatable bonds is 6. The largest absolute Gasteiger partial charge is 0.497 e. The van der Waals surface area contributed by atoms with E-state index < -0.39 is 5.54 Å². The molecule has 25 heavy (non-hydrogen) atoms. The van der Waals surface area contributed by atoms with Gasteiger partial charge >= 0.3 is 0 Å². The molecule has 1 aromatic heterocycles. The van der Waals surface area contributed by atoms with E-state index in [1.807, 2.05) is 44.2 Å². The molecule has 1 heterocycles. The number of hydrogen-bond acceptors (Lipinski definition) is 4. The zero-order valence-corrected chi connectivity index (χ0v) is 17.0. The quantitative estimate of drug-likeness (QED) is 0.784. The number of halogens is 1. The molecule has 0 fully saturated rings. The maximum atomic E-state index is 12.6. The van der Waals surface area contributed by atoms with E-state index in [1.165, 1.54) is 11.3 Å². The second-order valence-electron chi connectivity index (χ2n) is 6.54. The molecule has 4 nitrogen and oxygen atoms in total. The molecule has 2 rings (SSSR count). The minimum atomic E-state index is -0.407. The first kappa shape index (κ1) is 21.5. The van der Waals surface area contributed by atoms with Gasteiger partial charge in [-0.2, -0.15) is 0 Å². The molecule has 0 saturated carbocycles. The van der Waals surface area contributed by atoms with Crippen LogP contribution in [-0.4, -0.2) is 25.1 Å². The van der Waals surface area contributed by atoms with Crippen molar-refractivity contribution in [2.24, 2.45) is 11.7 Å². The van der Waals surface area contributed by atoms with Crippen LogP contribution in [-0.2, 0) is 0 Å². The monoisotopic (exact) mass is 382 g/mol. The standard InChI is InChI=1S/C19H26N2O2S.ClH/c1-12(2)19(4,11-20)21-18(22)17-10-16(13(3)24-17)14-6-8-15(23-5)9-7-14;/h6-10,12H,11,20H2,1-5H3,(H,21,22);1H. The maximum absolute atomic E-state index is 12.6. The van der Waals surface area contributed by atoms with Crippen LogP contribution in [0.15, 0.2) is 30.3 Å². The van der Waals surface area contributed by atoms with Crippen LogP contribution in [0.2, 0.25) is 0 Å². The van der Waals surface area contributed by atoms with Gasteiger partial charge in [0.25, 0.3) is 5.91 Å². The third-order valence-corrected chi connectivity index (χ3v) is 5.69. The molecule has 1 atom stereocenters. The minimum Gasteiger partial charge on any atom is -0.497 e. The first-order valence-corrected chi connectivity index (χ1v) is 8.90. The molecule has 0 bridgehead atoms. The summed E-state index contributed by atoms with van der Waals surface area (Å²) in [5.74, 6) is 1.01. The van der Waals surface area contributed by atoms with Crippen molar-refractivity contribution in [3.8, 4) is 16.9 Å². The van der Waals surface area contributed by atoms with Crippen LogP contribution in [0.1, 0.15) is 35.3 Å². The van der Waals surface area contributed by atoms with E-state index in [4.69, 9.17) is 10.5 Å². The average molecular weight is 383 g/mol. The predicted octanol–water partition coefficient (Wildman–Crippen LogP) is 4.26. The Labute approximate surface area is 160 Å². The first-order valence-electron chi connectivity index (χ1n) is 8.08. The van der Waals surface area contributed by atoms with Crippen molar-refractivity contribution in [3.63, 3.8) is 0 Å². The number of carbonyl (C=O) groups excluding carboxylic acids is 1. The molecular formula is C19H27ClN2O2S. The fourth-order valence-corrected chi connectivity index (χ4v) is 3.34. The van der Waals surface area contributed by atoms with E-state index in [-0.39, 0.29) is 24.2 Å². The van der Waals surface area contributed by atoms with E-state index in [0.717, 1.165) is 21.8 Å². The summed E-state index contributed by atoms with van der Waals surface area (Å²) in [5.41, 5.74) is 7.61. The van der Waals surface area contributed by atoms with Crippen LogP contribution in [0.4, 0.5) is 0 Å². The Bertz CT molecular complexity index is 713. The highest BCUT2D eigenvalue weighted by Crippen LogP contribution is 2.32. The molecule has 138 valence electrons. The number of carbonyl (C=O) groups is 1. The van der Waals surface area contributed by atoms with Crippen LogP contribution >= 0.6 is 23.7 Å². The Morgan fingerprint density at radius 1 is 1.32 bits per heavy atom. The lowest BCUT2D eigenvalue weighted by atomic mass is 9.88. The Balaban J connectivity index is 0.00000312. The van der Waals surface area contributed by atoms with Crippen molar-refractivity contribution in [2.75, 3.05) is 13.7 Å². The number of thiophene rings is 1. The lowest BCUT2D eigenvalue weighted by molar-refractivity contribution is 0.0887. The second-order valence-corrected chi connectivity index (χ2v) is 7.80. The van der Waals surface area contributed by atoms with Crippen molar-refractivity contribution < 1.29 is 9.53 Å². The summed E-state index contributed by atoms with van der Waals surface area (Å²) < 4.78 is 5.19. The van der Waals surface area contributed by atoms with Gasteiger partial charge in [-0.15, -0.1) is 23.7 Å². The number of methoxy groups -OCH3 is 1. The SMILES string of the molecule is COc1ccc(-c2cc(C(=O)NC(C)(CN)C(C)C)sc2C)cc1.Cl. The van der Waals surface area contributed by atoms with Crippen LogP contribution < -0.4 is 15.8 Å². The van der Waals surface area contributed by atoms with Gasteiger partial charge in [0.2, 0.25) is 0 Å². The maximum Gasteiger partial charge on any atom is 0.261 e. The molecule has 1 amide bonds. The Hall–Kier alpha value is -1.56. The number of benzene rings is 1. The highest BCUT2D eigenvalue weighted by Gasteiger charge is 2.29. The van der Waals surface area contributed by atoms with Gasteiger partial charge in [-0.25, -0.2) is 0 Å². The third kappa shape index (κ3) is 4.75. The molecule has 0 saturated heterocycles. The predicted molar refractivity (Wildman–Crippen MR) is 108 cm³/mol. The Morgan fingerprint density at radius 2 is 1.92 bits per heavy atom. The van der Waals surface area contributed by atoms with Gasteiger partial charge < -0.3 is 15.8 Å².